The molecule has 0 bridgehead atoms. The molecule has 4 aromatic rings. The number of anilines is 1. The zero-order chi connectivity index (χ0) is 29.1. The third-order valence-electron chi connectivity index (χ3n) is 7.62. The molecule has 218 valence electrons. The Balaban J connectivity index is 1.11. The molecule has 0 spiro atoms. The van der Waals surface area contributed by atoms with Crippen molar-refractivity contribution < 1.29 is 23.4 Å². The molecule has 42 heavy (non-hydrogen) atoms. The molecule has 10 nitrogen and oxygen atoms in total. The number of fused-ring (bicyclic) bond motifs is 1. The molecule has 0 saturated carbocycles. The van der Waals surface area contributed by atoms with Gasteiger partial charge in [-0.25, -0.2) is 19.0 Å². The largest absolute Gasteiger partial charge is 0.473 e. The summed E-state index contributed by atoms with van der Waals surface area (Å²) in [6, 6.07) is 11.9. The average molecular weight is 591 g/mol. The molecule has 12 heteroatoms. The van der Waals surface area contributed by atoms with Crippen LogP contribution in [0, 0.1) is 12.4 Å². The van der Waals surface area contributed by atoms with Crippen molar-refractivity contribution in [3.05, 3.63) is 76.0 Å². The van der Waals surface area contributed by atoms with E-state index in [0.29, 0.717) is 29.4 Å². The quantitative estimate of drug-likeness (QED) is 0.198. The number of esters is 1. The summed E-state index contributed by atoms with van der Waals surface area (Å²) in [7, 11) is 1.39. The maximum atomic E-state index is 14.3. The first kappa shape index (κ1) is 28.1. The fraction of sp³-hybridized carbons (Fsp3) is 0.400. The Bertz CT molecular complexity index is 1630. The van der Waals surface area contributed by atoms with Crippen molar-refractivity contribution in [2.24, 2.45) is 0 Å². The minimum Gasteiger partial charge on any atom is -0.473 e. The first-order valence-corrected chi connectivity index (χ1v) is 14.7. The van der Waals surface area contributed by atoms with E-state index in [-0.39, 0.29) is 24.4 Å². The van der Waals surface area contributed by atoms with E-state index in [1.807, 2.05) is 18.2 Å². The lowest BCUT2D eigenvalue weighted by molar-refractivity contribution is -0.0591. The van der Waals surface area contributed by atoms with Crippen LogP contribution in [0.4, 0.5) is 15.9 Å². The molecule has 5 heterocycles. The maximum absolute atomic E-state index is 14.3. The fourth-order valence-electron chi connectivity index (χ4n) is 5.21. The minimum absolute atomic E-state index is 0.0332. The summed E-state index contributed by atoms with van der Waals surface area (Å²) in [6.45, 7) is 12.6. The second-order valence-corrected chi connectivity index (χ2v) is 11.4. The predicted octanol–water partition coefficient (Wildman–Crippen LogP) is 5.05. The molecule has 0 unspecified atom stereocenters. The molecule has 1 atom stereocenters. The molecule has 1 aromatic carbocycles. The Morgan fingerprint density at radius 1 is 1.19 bits per heavy atom. The van der Waals surface area contributed by atoms with Crippen LogP contribution in [-0.2, 0) is 29.2 Å². The van der Waals surface area contributed by atoms with Gasteiger partial charge >= 0.3 is 5.97 Å². The van der Waals surface area contributed by atoms with Crippen LogP contribution in [0.1, 0.15) is 33.9 Å². The number of halogens is 1. The van der Waals surface area contributed by atoms with Gasteiger partial charge in [-0.3, -0.25) is 4.90 Å². The first-order valence-electron chi connectivity index (χ1n) is 13.9. The van der Waals surface area contributed by atoms with E-state index >= 15 is 0 Å². The van der Waals surface area contributed by atoms with Gasteiger partial charge in [0.15, 0.2) is 5.69 Å². The zero-order valence-electron chi connectivity index (χ0n) is 23.3. The molecule has 3 aromatic heterocycles. The lowest BCUT2D eigenvalue weighted by atomic mass is 10.2. The minimum atomic E-state index is -0.461. The summed E-state index contributed by atoms with van der Waals surface area (Å²) < 4.78 is 32.9. The number of imidazole rings is 1. The number of thiophene rings is 1. The van der Waals surface area contributed by atoms with Crippen LogP contribution in [0.2, 0.25) is 0 Å². The number of pyridine rings is 1. The first-order chi connectivity index (χ1) is 20.5. The van der Waals surface area contributed by atoms with Gasteiger partial charge < -0.3 is 23.7 Å². The number of hydrogen-bond donors (Lipinski definition) is 0. The summed E-state index contributed by atoms with van der Waals surface area (Å²) in [4.78, 5) is 31.0. The van der Waals surface area contributed by atoms with E-state index in [4.69, 9.17) is 25.8 Å². The van der Waals surface area contributed by atoms with Crippen molar-refractivity contribution in [3.8, 4) is 5.88 Å². The van der Waals surface area contributed by atoms with Gasteiger partial charge in [-0.1, -0.05) is 18.2 Å². The Labute approximate surface area is 247 Å². The summed E-state index contributed by atoms with van der Waals surface area (Å²) in [5, 5.41) is 0. The molecule has 2 fully saturated rings. The van der Waals surface area contributed by atoms with Gasteiger partial charge in [-0.15, -0.1) is 11.3 Å². The number of aromatic nitrogens is 3. The van der Waals surface area contributed by atoms with Gasteiger partial charge in [0.1, 0.15) is 33.8 Å². The normalized spacial score (nSPS) is 17.5. The van der Waals surface area contributed by atoms with Crippen LogP contribution in [-0.4, -0.2) is 71.4 Å². The highest BCUT2D eigenvalue weighted by molar-refractivity contribution is 7.20. The van der Waals surface area contributed by atoms with Crippen LogP contribution in [0.3, 0.4) is 0 Å². The number of benzene rings is 1. The molecule has 0 N–H and O–H groups in total. The summed E-state index contributed by atoms with van der Waals surface area (Å²) >= 11 is 1.36. The Morgan fingerprint density at radius 2 is 2.07 bits per heavy atom. The third-order valence-corrected chi connectivity index (χ3v) is 8.62. The van der Waals surface area contributed by atoms with Crippen LogP contribution in [0.5, 0.6) is 5.88 Å². The summed E-state index contributed by atoms with van der Waals surface area (Å²) in [6.07, 6.45) is 2.14. The molecule has 0 aliphatic carbocycles. The van der Waals surface area contributed by atoms with E-state index in [1.54, 1.807) is 18.2 Å². The van der Waals surface area contributed by atoms with Crippen LogP contribution in [0.15, 0.2) is 42.5 Å². The van der Waals surface area contributed by atoms with Crippen molar-refractivity contribution in [2.45, 2.75) is 38.6 Å². The third kappa shape index (κ3) is 6.09. The highest BCUT2D eigenvalue weighted by atomic mass is 32.1. The number of nitrogens with zero attached hydrogens (tertiary/aromatic N) is 6. The molecule has 0 radical (unpaired) electrons. The van der Waals surface area contributed by atoms with Crippen LogP contribution < -0.4 is 9.64 Å². The van der Waals surface area contributed by atoms with Gasteiger partial charge in [0.25, 0.3) is 0 Å². The van der Waals surface area contributed by atoms with E-state index in [1.165, 1.54) is 24.5 Å². The standard InChI is InChI=1S/C30H31FN6O4S/c1-32-21-8-7-20(23(31)15-21)19-41-28-6-3-5-26(33-28)36-11-4-10-35(12-13-36)18-27-34-29-24(16-25(42-29)30(38)39-2)37(27)17-22-9-14-40-22/h3,5-8,15-16,22H,4,9-14,17-19H2,2H3/t22-/m0/s1. The van der Waals surface area contributed by atoms with Crippen molar-refractivity contribution in [1.82, 2.24) is 19.4 Å². The maximum Gasteiger partial charge on any atom is 0.348 e. The second kappa shape index (κ2) is 12.4. The number of carbonyl (C=O) groups is 1. The van der Waals surface area contributed by atoms with E-state index in [9.17, 15) is 9.18 Å². The smallest absolute Gasteiger partial charge is 0.348 e. The van der Waals surface area contributed by atoms with Gasteiger partial charge in [0, 0.05) is 44.4 Å². The van der Waals surface area contributed by atoms with E-state index in [2.05, 4.69) is 24.2 Å². The monoisotopic (exact) mass is 590 g/mol. The van der Waals surface area contributed by atoms with Gasteiger partial charge in [-0.05, 0) is 31.0 Å². The number of ether oxygens (including phenoxy) is 3. The van der Waals surface area contributed by atoms with Crippen molar-refractivity contribution in [1.29, 1.82) is 0 Å². The topological polar surface area (TPSA) is 86.3 Å². The Morgan fingerprint density at radius 3 is 2.83 bits per heavy atom. The van der Waals surface area contributed by atoms with Crippen molar-refractivity contribution in [2.75, 3.05) is 44.8 Å². The van der Waals surface area contributed by atoms with E-state index < -0.39 is 5.82 Å². The molecule has 2 saturated heterocycles. The number of methoxy groups -OCH3 is 1. The molecular formula is C30H31FN6O4S. The molecule has 2 aliphatic rings. The zero-order valence-corrected chi connectivity index (χ0v) is 24.1. The molecule has 6 rings (SSSR count). The molecule has 0 amide bonds. The highest BCUT2D eigenvalue weighted by Crippen LogP contribution is 2.30. The fourth-order valence-corrected chi connectivity index (χ4v) is 6.18. The lowest BCUT2D eigenvalue weighted by Gasteiger charge is -2.28. The second-order valence-electron chi connectivity index (χ2n) is 10.3. The van der Waals surface area contributed by atoms with E-state index in [0.717, 1.165) is 67.6 Å². The molecular weight excluding hydrogens is 559 g/mol. The number of rotatable bonds is 9. The van der Waals surface area contributed by atoms with Crippen LogP contribution in [0.25, 0.3) is 15.2 Å². The Hall–Kier alpha value is -4.05. The van der Waals surface area contributed by atoms with Crippen molar-refractivity contribution >= 4 is 39.2 Å². The van der Waals surface area contributed by atoms with Gasteiger partial charge in [0.2, 0.25) is 5.88 Å². The predicted molar refractivity (Wildman–Crippen MR) is 157 cm³/mol. The average Bonchev–Trinajstić information content (AvgIpc) is 3.43. The number of carbonyl (C=O) groups excluding carboxylic acids is 1. The summed E-state index contributed by atoms with van der Waals surface area (Å²) in [5.41, 5.74) is 1.59. The highest BCUT2D eigenvalue weighted by Gasteiger charge is 2.26. The van der Waals surface area contributed by atoms with Crippen LogP contribution >= 0.6 is 11.3 Å². The lowest BCUT2D eigenvalue weighted by Crippen LogP contribution is -2.34. The Kier molecular flexibility index (Phi) is 8.32. The SMILES string of the molecule is [C-]#[N+]c1ccc(COc2cccc(N3CCCN(Cc4nc5sc(C(=O)OC)cc5n4C[C@@H]4CCO4)CC3)n2)c(F)c1. The molecule has 2 aliphatic heterocycles. The summed E-state index contributed by atoms with van der Waals surface area (Å²) in [5.74, 6) is 1.41. The number of hydrogen-bond acceptors (Lipinski definition) is 9. The van der Waals surface area contributed by atoms with Gasteiger partial charge in [0.05, 0.1) is 38.4 Å². The van der Waals surface area contributed by atoms with Crippen molar-refractivity contribution in [3.63, 3.8) is 0 Å². The van der Waals surface area contributed by atoms with Gasteiger partial charge in [-0.2, -0.15) is 4.98 Å².